The van der Waals surface area contributed by atoms with Crippen LogP contribution in [0.2, 0.25) is 0 Å². The van der Waals surface area contributed by atoms with Crippen LogP contribution in [0.25, 0.3) is 0 Å². The predicted octanol–water partition coefficient (Wildman–Crippen LogP) is 1.74. The minimum absolute atomic E-state index is 0.0386. The van der Waals surface area contributed by atoms with E-state index in [9.17, 15) is 9.90 Å². The summed E-state index contributed by atoms with van der Waals surface area (Å²) in [5.74, 6) is 0.0386. The third-order valence-electron chi connectivity index (χ3n) is 3.90. The maximum atomic E-state index is 12.1. The lowest BCUT2D eigenvalue weighted by atomic mass is 10.1. The van der Waals surface area contributed by atoms with E-state index in [1.807, 2.05) is 31.0 Å². The molecule has 0 radical (unpaired) electrons. The van der Waals surface area contributed by atoms with E-state index in [1.165, 1.54) is 11.1 Å². The second-order valence-electron chi connectivity index (χ2n) is 5.76. The van der Waals surface area contributed by atoms with Gasteiger partial charge in [0.2, 0.25) is 5.91 Å². The van der Waals surface area contributed by atoms with Gasteiger partial charge in [0, 0.05) is 13.1 Å². The number of carbonyl (C=O) groups excluding carboxylic acids is 1. The van der Waals surface area contributed by atoms with Gasteiger partial charge in [-0.15, -0.1) is 0 Å². The molecule has 0 aliphatic carbocycles. The molecule has 1 aromatic carbocycles. The van der Waals surface area contributed by atoms with Crippen LogP contribution in [0, 0.1) is 6.92 Å². The molecule has 4 heteroatoms. The van der Waals surface area contributed by atoms with Gasteiger partial charge in [-0.25, -0.2) is 0 Å². The molecule has 0 saturated heterocycles. The van der Waals surface area contributed by atoms with Crippen LogP contribution in [0.15, 0.2) is 24.3 Å². The fraction of sp³-hybridized carbons (Fsp3) is 0.588. The summed E-state index contributed by atoms with van der Waals surface area (Å²) in [6, 6.07) is 8.05. The molecule has 0 saturated carbocycles. The molecule has 0 spiro atoms. The Labute approximate surface area is 128 Å². The molecule has 0 fully saturated rings. The monoisotopic (exact) mass is 292 g/mol. The van der Waals surface area contributed by atoms with E-state index in [0.717, 1.165) is 6.42 Å². The van der Waals surface area contributed by atoms with E-state index < -0.39 is 0 Å². The maximum Gasteiger partial charge on any atom is 0.237 e. The Kier molecular flexibility index (Phi) is 7.40. The highest BCUT2D eigenvalue weighted by molar-refractivity contribution is 5.81. The SMILES string of the molecule is Cc1ccccc1CCNC(=O)C(C)N(C)CCC(C)O. The molecule has 0 heterocycles. The molecular formula is C17H28N2O2. The Bertz CT molecular complexity index is 446. The molecule has 0 bridgehead atoms. The van der Waals surface area contributed by atoms with Crippen LogP contribution < -0.4 is 5.32 Å². The first-order valence-electron chi connectivity index (χ1n) is 7.62. The van der Waals surface area contributed by atoms with E-state index in [1.54, 1.807) is 6.92 Å². The Morgan fingerprint density at radius 1 is 1.33 bits per heavy atom. The minimum Gasteiger partial charge on any atom is -0.393 e. The smallest absolute Gasteiger partial charge is 0.237 e. The van der Waals surface area contributed by atoms with E-state index >= 15 is 0 Å². The lowest BCUT2D eigenvalue weighted by molar-refractivity contribution is -0.125. The molecule has 4 nitrogen and oxygen atoms in total. The number of aliphatic hydroxyl groups is 1. The molecular weight excluding hydrogens is 264 g/mol. The van der Waals surface area contributed by atoms with Crippen molar-refractivity contribution in [1.82, 2.24) is 10.2 Å². The third-order valence-corrected chi connectivity index (χ3v) is 3.90. The van der Waals surface area contributed by atoms with Gasteiger partial charge in [0.05, 0.1) is 12.1 Å². The molecule has 2 unspecified atom stereocenters. The Hall–Kier alpha value is -1.39. The number of aliphatic hydroxyl groups excluding tert-OH is 1. The number of likely N-dealkylation sites (N-methyl/N-ethyl adjacent to an activating group) is 1. The molecule has 1 aromatic rings. The lowest BCUT2D eigenvalue weighted by Gasteiger charge is -2.24. The van der Waals surface area contributed by atoms with Gasteiger partial charge in [0.25, 0.3) is 0 Å². The van der Waals surface area contributed by atoms with Gasteiger partial charge < -0.3 is 10.4 Å². The summed E-state index contributed by atoms with van der Waals surface area (Å²) in [6.07, 6.45) is 1.20. The van der Waals surface area contributed by atoms with E-state index in [4.69, 9.17) is 0 Å². The zero-order valence-electron chi connectivity index (χ0n) is 13.6. The van der Waals surface area contributed by atoms with Crippen molar-refractivity contribution in [3.05, 3.63) is 35.4 Å². The average Bonchev–Trinajstić information content (AvgIpc) is 2.45. The normalized spacial score (nSPS) is 14.0. The number of amides is 1. The molecule has 1 amide bonds. The van der Waals surface area contributed by atoms with E-state index in [2.05, 4.69) is 24.4 Å². The van der Waals surface area contributed by atoms with Crippen molar-refractivity contribution in [2.75, 3.05) is 20.1 Å². The van der Waals surface area contributed by atoms with Crippen LogP contribution in [-0.2, 0) is 11.2 Å². The molecule has 0 aliphatic rings. The summed E-state index contributed by atoms with van der Waals surface area (Å²) in [5, 5.41) is 12.3. The maximum absolute atomic E-state index is 12.1. The highest BCUT2D eigenvalue weighted by Gasteiger charge is 2.17. The van der Waals surface area contributed by atoms with Gasteiger partial charge in [0.1, 0.15) is 0 Å². The van der Waals surface area contributed by atoms with Gasteiger partial charge in [-0.3, -0.25) is 9.69 Å². The number of nitrogens with zero attached hydrogens (tertiary/aromatic N) is 1. The highest BCUT2D eigenvalue weighted by Crippen LogP contribution is 2.07. The Balaban J connectivity index is 2.34. The molecule has 2 N–H and O–H groups in total. The topological polar surface area (TPSA) is 52.6 Å². The van der Waals surface area contributed by atoms with Crippen molar-refractivity contribution in [1.29, 1.82) is 0 Å². The fourth-order valence-corrected chi connectivity index (χ4v) is 2.14. The summed E-state index contributed by atoms with van der Waals surface area (Å²) in [5.41, 5.74) is 2.53. The van der Waals surface area contributed by atoms with Crippen LogP contribution in [0.1, 0.15) is 31.4 Å². The molecule has 118 valence electrons. The van der Waals surface area contributed by atoms with Gasteiger partial charge >= 0.3 is 0 Å². The second kappa shape index (κ2) is 8.80. The summed E-state index contributed by atoms with van der Waals surface area (Å²) < 4.78 is 0. The van der Waals surface area contributed by atoms with Crippen molar-refractivity contribution in [2.24, 2.45) is 0 Å². The Morgan fingerprint density at radius 2 is 2.00 bits per heavy atom. The molecule has 21 heavy (non-hydrogen) atoms. The number of nitrogens with one attached hydrogen (secondary N) is 1. The van der Waals surface area contributed by atoms with Crippen LogP contribution in [0.5, 0.6) is 0 Å². The van der Waals surface area contributed by atoms with Crippen LogP contribution in [-0.4, -0.2) is 48.2 Å². The number of benzene rings is 1. The van der Waals surface area contributed by atoms with Crippen molar-refractivity contribution in [3.8, 4) is 0 Å². The lowest BCUT2D eigenvalue weighted by Crippen LogP contribution is -2.44. The minimum atomic E-state index is -0.330. The quantitative estimate of drug-likeness (QED) is 0.767. The highest BCUT2D eigenvalue weighted by atomic mass is 16.3. The average molecular weight is 292 g/mol. The summed E-state index contributed by atoms with van der Waals surface area (Å²) in [7, 11) is 1.91. The zero-order chi connectivity index (χ0) is 15.8. The number of hydrogen-bond donors (Lipinski definition) is 2. The molecule has 1 rings (SSSR count). The van der Waals surface area contributed by atoms with Crippen molar-refractivity contribution < 1.29 is 9.90 Å². The number of hydrogen-bond acceptors (Lipinski definition) is 3. The van der Waals surface area contributed by atoms with Crippen LogP contribution in [0.3, 0.4) is 0 Å². The van der Waals surface area contributed by atoms with Crippen molar-refractivity contribution in [3.63, 3.8) is 0 Å². The molecule has 2 atom stereocenters. The van der Waals surface area contributed by atoms with Crippen molar-refractivity contribution in [2.45, 2.75) is 45.8 Å². The van der Waals surface area contributed by atoms with Gasteiger partial charge in [-0.05, 0) is 51.8 Å². The van der Waals surface area contributed by atoms with Crippen LogP contribution in [0.4, 0.5) is 0 Å². The Morgan fingerprint density at radius 3 is 2.62 bits per heavy atom. The summed E-state index contributed by atoms with van der Waals surface area (Å²) in [6.45, 7) is 7.11. The van der Waals surface area contributed by atoms with Gasteiger partial charge in [-0.2, -0.15) is 0 Å². The summed E-state index contributed by atoms with van der Waals surface area (Å²) in [4.78, 5) is 14.1. The first-order chi connectivity index (χ1) is 9.91. The first kappa shape index (κ1) is 17.7. The summed E-state index contributed by atoms with van der Waals surface area (Å²) >= 11 is 0. The zero-order valence-corrected chi connectivity index (χ0v) is 13.6. The second-order valence-corrected chi connectivity index (χ2v) is 5.76. The van der Waals surface area contributed by atoms with Gasteiger partial charge in [0.15, 0.2) is 0 Å². The largest absolute Gasteiger partial charge is 0.393 e. The van der Waals surface area contributed by atoms with Gasteiger partial charge in [-0.1, -0.05) is 24.3 Å². The third kappa shape index (κ3) is 6.27. The van der Waals surface area contributed by atoms with E-state index in [0.29, 0.717) is 19.5 Å². The van der Waals surface area contributed by atoms with Crippen molar-refractivity contribution >= 4 is 5.91 Å². The predicted molar refractivity (Wildman–Crippen MR) is 86.3 cm³/mol. The molecule has 0 aliphatic heterocycles. The number of rotatable bonds is 8. The fourth-order valence-electron chi connectivity index (χ4n) is 2.14. The standard InChI is InChI=1S/C17H28N2O2/c1-13-7-5-6-8-16(13)9-11-18-17(21)15(3)19(4)12-10-14(2)20/h5-8,14-15,20H,9-12H2,1-4H3,(H,18,21). The van der Waals surface area contributed by atoms with E-state index in [-0.39, 0.29) is 18.1 Å². The van der Waals surface area contributed by atoms with Crippen LogP contribution >= 0.6 is 0 Å². The number of aryl methyl sites for hydroxylation is 1. The number of carbonyl (C=O) groups is 1. The molecule has 0 aromatic heterocycles. The first-order valence-corrected chi connectivity index (χ1v) is 7.62.